The summed E-state index contributed by atoms with van der Waals surface area (Å²) in [6, 6.07) is 58.9. The minimum Gasteiger partial charge on any atom is -0.310 e. The molecule has 2 aliphatic rings. The molecule has 0 radical (unpaired) electrons. The highest BCUT2D eigenvalue weighted by Crippen LogP contribution is 2.49. The van der Waals surface area contributed by atoms with Gasteiger partial charge in [-0.3, -0.25) is 0 Å². The Labute approximate surface area is 617 Å². The second-order valence-corrected chi connectivity index (χ2v) is 41.4. The van der Waals surface area contributed by atoms with Crippen LogP contribution in [0.3, 0.4) is 0 Å². The third-order valence-electron chi connectivity index (χ3n) is 22.8. The highest BCUT2D eigenvalue weighted by Gasteiger charge is 2.43. The van der Waals surface area contributed by atoms with E-state index in [2.05, 4.69) is 362 Å². The molecule has 2 aliphatic heterocycles. The van der Waals surface area contributed by atoms with E-state index in [4.69, 9.17) is 15.0 Å². The number of nitrogens with zero attached hydrogens (tertiary/aromatic N) is 5. The zero-order chi connectivity index (χ0) is 74.9. The van der Waals surface area contributed by atoms with Crippen LogP contribution >= 0.6 is 0 Å². The summed E-state index contributed by atoms with van der Waals surface area (Å²) in [4.78, 5) is 17.5. The Balaban J connectivity index is 1.20. The van der Waals surface area contributed by atoms with E-state index < -0.39 is 0 Å². The maximum Gasteiger partial charge on any atom is 0.252 e. The third kappa shape index (κ3) is 12.4. The van der Waals surface area contributed by atoms with Crippen LogP contribution in [0.4, 0.5) is 0 Å². The van der Waals surface area contributed by atoms with Gasteiger partial charge in [-0.05, 0) is 209 Å². The highest BCUT2D eigenvalue weighted by molar-refractivity contribution is 7.00. The molecular weight excluding hydrogens is 1250 g/mol. The fraction of sp³-hybridized carbons (Fsp3) is 0.412. The molecule has 0 aliphatic carbocycles. The highest BCUT2D eigenvalue weighted by atomic mass is 15.1. The van der Waals surface area contributed by atoms with Gasteiger partial charge in [0.15, 0.2) is 17.5 Å². The SMILES string of the molecule is CC(C)(C)c1cc(-c2nc(-c3cc(C(C)(C)C)cc(C(C)(C)C)c3)nc(-c3cc4c5c(c3)-n3c6ccc(C(C)(C)C)cc6c6c(-c7cc(C(C)(C)C)cc(C(C)(C)C)c7)ccc(c63)B5c3ccc(-c5cc(C(C)(C)C)cc(C(C)(C)C)c5)c5c6cc(C(C)(C)C)ccc6n-4c35)n2)cc(C(C)(C)C)c1. The van der Waals surface area contributed by atoms with Gasteiger partial charge in [0.05, 0.1) is 11.0 Å². The Kier molecular flexibility index (Phi) is 16.1. The Morgan fingerprint density at radius 1 is 0.243 bits per heavy atom. The van der Waals surface area contributed by atoms with Crippen LogP contribution in [0.25, 0.3) is 111 Å². The molecule has 0 amide bonds. The molecule has 3 aromatic heterocycles. The van der Waals surface area contributed by atoms with E-state index in [1.54, 1.807) is 0 Å². The molecule has 12 aromatic rings. The van der Waals surface area contributed by atoms with Crippen molar-refractivity contribution in [2.45, 2.75) is 262 Å². The summed E-state index contributed by atoms with van der Waals surface area (Å²) in [6.45, 7) is 70.2. The minimum absolute atomic E-state index is 0.0862. The first-order valence-corrected chi connectivity index (χ1v) is 38.2. The number of benzene rings is 9. The van der Waals surface area contributed by atoms with Gasteiger partial charge < -0.3 is 9.13 Å². The van der Waals surface area contributed by atoms with Crippen LogP contribution < -0.4 is 16.4 Å². The fourth-order valence-corrected chi connectivity index (χ4v) is 15.9. The first-order valence-electron chi connectivity index (χ1n) is 38.2. The predicted molar refractivity (Wildman–Crippen MR) is 447 cm³/mol. The number of fused-ring (bicyclic) bond motifs is 10. The molecule has 9 aromatic carbocycles. The maximum atomic E-state index is 5.89. The average molecular weight is 1360 g/mol. The average Bonchev–Trinajstić information content (AvgIpc) is 1.55. The van der Waals surface area contributed by atoms with Gasteiger partial charge >= 0.3 is 0 Å². The van der Waals surface area contributed by atoms with Crippen molar-refractivity contribution in [1.82, 2.24) is 24.1 Å². The van der Waals surface area contributed by atoms with E-state index in [1.165, 1.54) is 138 Å². The third-order valence-corrected chi connectivity index (χ3v) is 22.8. The second kappa shape index (κ2) is 23.1. The lowest BCUT2D eigenvalue weighted by atomic mass is 9.34. The monoisotopic (exact) mass is 1360 g/mol. The lowest BCUT2D eigenvalue weighted by Crippen LogP contribution is -2.59. The molecule has 0 atom stereocenters. The van der Waals surface area contributed by atoms with Crippen molar-refractivity contribution < 1.29 is 0 Å². The topological polar surface area (TPSA) is 48.5 Å². The van der Waals surface area contributed by atoms with Gasteiger partial charge in [-0.15, -0.1) is 0 Å². The summed E-state index contributed by atoms with van der Waals surface area (Å²) >= 11 is 0. The molecular formula is C97H114BN5. The Morgan fingerprint density at radius 2 is 0.485 bits per heavy atom. The summed E-state index contributed by atoms with van der Waals surface area (Å²) in [5.74, 6) is 1.96. The Morgan fingerprint density at radius 3 is 0.738 bits per heavy atom. The van der Waals surface area contributed by atoms with Crippen LogP contribution in [0.1, 0.15) is 263 Å². The first-order chi connectivity index (χ1) is 47.3. The van der Waals surface area contributed by atoms with Crippen molar-refractivity contribution in [1.29, 1.82) is 0 Å². The molecule has 5 nitrogen and oxygen atoms in total. The van der Waals surface area contributed by atoms with Gasteiger partial charge in [0.1, 0.15) is 0 Å². The summed E-state index contributed by atoms with van der Waals surface area (Å²) < 4.78 is 5.35. The normalized spacial score (nSPS) is 14.1. The molecule has 5 heterocycles. The van der Waals surface area contributed by atoms with Crippen molar-refractivity contribution in [3.8, 4) is 67.8 Å². The molecule has 530 valence electrons. The minimum atomic E-state index is -0.154. The van der Waals surface area contributed by atoms with Crippen molar-refractivity contribution in [3.05, 3.63) is 201 Å². The van der Waals surface area contributed by atoms with E-state index in [0.29, 0.717) is 17.5 Å². The number of hydrogen-bond donors (Lipinski definition) is 0. The Bertz CT molecular complexity index is 5060. The molecule has 0 N–H and O–H groups in total. The van der Waals surface area contributed by atoms with Gasteiger partial charge in [0.2, 0.25) is 0 Å². The van der Waals surface area contributed by atoms with Crippen LogP contribution in [0, 0.1) is 0 Å². The van der Waals surface area contributed by atoms with E-state index in [9.17, 15) is 0 Å². The van der Waals surface area contributed by atoms with Gasteiger partial charge in [-0.2, -0.15) is 0 Å². The predicted octanol–water partition coefficient (Wildman–Crippen LogP) is 24.5. The molecule has 0 spiro atoms. The fourth-order valence-electron chi connectivity index (χ4n) is 15.9. The zero-order valence-electron chi connectivity index (χ0n) is 68.2. The van der Waals surface area contributed by atoms with Crippen LogP contribution in [0.5, 0.6) is 0 Å². The molecule has 6 heteroatoms. The molecule has 0 bridgehead atoms. The van der Waals surface area contributed by atoms with Gasteiger partial charge in [-0.25, -0.2) is 15.0 Å². The molecule has 0 unspecified atom stereocenters. The lowest BCUT2D eigenvalue weighted by Gasteiger charge is -2.34. The Hall–Kier alpha value is -8.35. The van der Waals surface area contributed by atoms with E-state index >= 15 is 0 Å². The van der Waals surface area contributed by atoms with Gasteiger partial charge in [0, 0.05) is 60.6 Å². The summed E-state index contributed by atoms with van der Waals surface area (Å²) in [6.07, 6.45) is 0. The molecule has 103 heavy (non-hydrogen) atoms. The molecule has 0 saturated carbocycles. The van der Waals surface area contributed by atoms with Crippen molar-refractivity contribution in [2.24, 2.45) is 0 Å². The standard InChI is InChI=1S/C97H114BN5/c1-88(2,3)60-31-37-76-72(53-60)80-70(55-39-62(90(7,8)9)49-63(40-55)91(10,11)12)33-35-74-83(80)102(76)78-47-59(87-100-85(57-43-66(94(19,20)21)51-67(44-57)95(22,23)24)99-86(101-87)58-45-68(96(25,26)27)52-69(46-58)97(28,29)30)48-79-82(78)98(74)75-36-34-71(56-41-64(92(13,14)15)50-65(42-56)93(16,17)18)81-73-54-61(89(4,5)6)32-38-77(73)103(79)84(75)81/h31-54H,1-30H3. The van der Waals surface area contributed by atoms with E-state index in [0.717, 1.165) is 28.1 Å². The van der Waals surface area contributed by atoms with Crippen LogP contribution in [-0.2, 0) is 54.1 Å². The van der Waals surface area contributed by atoms with Crippen molar-refractivity contribution in [3.63, 3.8) is 0 Å². The second-order valence-electron chi connectivity index (χ2n) is 41.4. The largest absolute Gasteiger partial charge is 0.310 e. The number of rotatable bonds is 5. The smallest absolute Gasteiger partial charge is 0.252 e. The van der Waals surface area contributed by atoms with E-state index in [-0.39, 0.29) is 60.9 Å². The maximum absolute atomic E-state index is 5.89. The van der Waals surface area contributed by atoms with Crippen LogP contribution in [0.2, 0.25) is 0 Å². The number of hydrogen-bond acceptors (Lipinski definition) is 3. The summed E-state index contributed by atoms with van der Waals surface area (Å²) in [7, 11) is 0. The number of aromatic nitrogens is 5. The molecule has 0 fully saturated rings. The van der Waals surface area contributed by atoms with Crippen molar-refractivity contribution in [2.75, 3.05) is 0 Å². The summed E-state index contributed by atoms with van der Waals surface area (Å²) in [5, 5.41) is 5.10. The summed E-state index contributed by atoms with van der Waals surface area (Å²) in [5.41, 5.74) is 30.8. The van der Waals surface area contributed by atoms with Gasteiger partial charge in [0.25, 0.3) is 6.71 Å². The quantitative estimate of drug-likeness (QED) is 0.161. The van der Waals surface area contributed by atoms with E-state index in [1.807, 2.05) is 0 Å². The zero-order valence-corrected chi connectivity index (χ0v) is 68.2. The van der Waals surface area contributed by atoms with Crippen LogP contribution in [-0.4, -0.2) is 30.8 Å². The lowest BCUT2D eigenvalue weighted by molar-refractivity contribution is 0.568. The molecule has 14 rings (SSSR count). The van der Waals surface area contributed by atoms with Crippen molar-refractivity contribution >= 4 is 66.7 Å². The van der Waals surface area contributed by atoms with Gasteiger partial charge in [-0.1, -0.05) is 293 Å². The molecule has 0 saturated heterocycles. The first kappa shape index (κ1) is 71.6. The van der Waals surface area contributed by atoms with Crippen LogP contribution in [0.15, 0.2) is 146 Å².